The van der Waals surface area contributed by atoms with Crippen molar-refractivity contribution in [1.82, 2.24) is 4.90 Å². The molecule has 2 nitrogen and oxygen atoms in total. The molecule has 0 bridgehead atoms. The molecule has 0 N–H and O–H groups in total. The van der Waals surface area contributed by atoms with Crippen molar-refractivity contribution >= 4 is 6.29 Å². The molecule has 0 aromatic rings. The first kappa shape index (κ1) is 11.4. The number of likely N-dealkylation sites (tertiary alicyclic amines) is 1. The molecular formula is C12H21NO. The number of hydrogen-bond acceptors (Lipinski definition) is 2. The summed E-state index contributed by atoms with van der Waals surface area (Å²) in [5.41, 5.74) is 0. The van der Waals surface area contributed by atoms with E-state index in [1.54, 1.807) is 6.08 Å². The van der Waals surface area contributed by atoms with Gasteiger partial charge in [0.2, 0.25) is 0 Å². The van der Waals surface area contributed by atoms with Crippen LogP contribution in [0.5, 0.6) is 0 Å². The minimum absolute atomic E-state index is 0.660. The normalized spacial score (nSPS) is 24.6. The second kappa shape index (κ2) is 5.97. The van der Waals surface area contributed by atoms with Crippen LogP contribution in [-0.4, -0.2) is 30.3 Å². The van der Waals surface area contributed by atoms with Crippen LogP contribution in [0.3, 0.4) is 0 Å². The Labute approximate surface area is 87.0 Å². The third kappa shape index (κ3) is 3.62. The predicted molar refractivity (Wildman–Crippen MR) is 59.3 cm³/mol. The van der Waals surface area contributed by atoms with E-state index in [1.807, 2.05) is 6.08 Å². The van der Waals surface area contributed by atoms with Gasteiger partial charge < -0.3 is 4.90 Å². The Balaban J connectivity index is 2.32. The average Bonchev–Trinajstić information content (AvgIpc) is 2.19. The lowest BCUT2D eigenvalue weighted by atomic mass is 9.94. The molecule has 0 spiro atoms. The van der Waals surface area contributed by atoms with E-state index in [4.69, 9.17) is 0 Å². The number of aldehydes is 1. The molecule has 1 atom stereocenters. The molecule has 0 aliphatic carbocycles. The highest BCUT2D eigenvalue weighted by Crippen LogP contribution is 2.21. The van der Waals surface area contributed by atoms with Crippen molar-refractivity contribution in [3.8, 4) is 0 Å². The van der Waals surface area contributed by atoms with E-state index in [0.717, 1.165) is 18.6 Å². The van der Waals surface area contributed by atoms with Crippen molar-refractivity contribution in [3.05, 3.63) is 12.2 Å². The van der Waals surface area contributed by atoms with Gasteiger partial charge in [-0.3, -0.25) is 4.79 Å². The van der Waals surface area contributed by atoms with Crippen LogP contribution >= 0.6 is 0 Å². The van der Waals surface area contributed by atoms with Crippen molar-refractivity contribution in [2.24, 2.45) is 5.92 Å². The second-order valence-electron chi connectivity index (χ2n) is 4.40. The maximum absolute atomic E-state index is 10.1. The van der Waals surface area contributed by atoms with Gasteiger partial charge in [-0.2, -0.15) is 0 Å². The van der Waals surface area contributed by atoms with Gasteiger partial charge in [-0.15, -0.1) is 0 Å². The van der Waals surface area contributed by atoms with Gasteiger partial charge in [0.25, 0.3) is 0 Å². The van der Waals surface area contributed by atoms with Gasteiger partial charge in [0, 0.05) is 12.6 Å². The highest BCUT2D eigenvalue weighted by atomic mass is 16.1. The Morgan fingerprint density at radius 3 is 2.93 bits per heavy atom. The summed E-state index contributed by atoms with van der Waals surface area (Å²) in [5, 5.41) is 0. The van der Waals surface area contributed by atoms with Crippen molar-refractivity contribution in [2.75, 3.05) is 13.1 Å². The smallest absolute Gasteiger partial charge is 0.142 e. The zero-order chi connectivity index (χ0) is 10.4. The third-order valence-corrected chi connectivity index (χ3v) is 2.96. The second-order valence-corrected chi connectivity index (χ2v) is 4.40. The molecular weight excluding hydrogens is 174 g/mol. The fourth-order valence-electron chi connectivity index (χ4n) is 2.09. The molecule has 1 rings (SSSR count). The molecule has 0 aromatic carbocycles. The Kier molecular flexibility index (Phi) is 4.88. The van der Waals surface area contributed by atoms with Crippen molar-refractivity contribution in [1.29, 1.82) is 0 Å². The van der Waals surface area contributed by atoms with Crippen LogP contribution in [0.2, 0.25) is 0 Å². The van der Waals surface area contributed by atoms with Gasteiger partial charge in [-0.25, -0.2) is 0 Å². The maximum atomic E-state index is 10.1. The number of hydrogen-bond donors (Lipinski definition) is 0. The average molecular weight is 195 g/mol. The number of carbonyl (C=O) groups is 1. The minimum atomic E-state index is 0.660. The van der Waals surface area contributed by atoms with Gasteiger partial charge in [0.05, 0.1) is 0 Å². The largest absolute Gasteiger partial charge is 0.301 e. The van der Waals surface area contributed by atoms with Gasteiger partial charge in [0.15, 0.2) is 0 Å². The van der Waals surface area contributed by atoms with Crippen molar-refractivity contribution in [3.63, 3.8) is 0 Å². The Hall–Kier alpha value is -0.630. The van der Waals surface area contributed by atoms with E-state index in [2.05, 4.69) is 18.7 Å². The third-order valence-electron chi connectivity index (χ3n) is 2.96. The zero-order valence-corrected chi connectivity index (χ0v) is 9.28. The Morgan fingerprint density at radius 1 is 1.50 bits per heavy atom. The number of allylic oxidation sites excluding steroid dienone is 2. The summed E-state index contributed by atoms with van der Waals surface area (Å²) >= 11 is 0. The molecule has 1 saturated heterocycles. The summed E-state index contributed by atoms with van der Waals surface area (Å²) in [5.74, 6) is 0.752. The van der Waals surface area contributed by atoms with Crippen LogP contribution in [0, 0.1) is 5.92 Å². The van der Waals surface area contributed by atoms with E-state index in [-0.39, 0.29) is 0 Å². The van der Waals surface area contributed by atoms with Crippen LogP contribution in [0.15, 0.2) is 12.2 Å². The van der Waals surface area contributed by atoms with E-state index in [1.165, 1.54) is 25.9 Å². The molecule has 1 aliphatic rings. The SMILES string of the molecule is CC(C)N1CCCC(C/C=C\C=O)C1. The molecule has 0 saturated carbocycles. The highest BCUT2D eigenvalue weighted by Gasteiger charge is 2.20. The number of piperidine rings is 1. The van der Waals surface area contributed by atoms with Crippen molar-refractivity contribution < 1.29 is 4.79 Å². The minimum Gasteiger partial charge on any atom is -0.301 e. The van der Waals surface area contributed by atoms with Gasteiger partial charge in [0.1, 0.15) is 6.29 Å². The fourth-order valence-corrected chi connectivity index (χ4v) is 2.09. The first-order valence-corrected chi connectivity index (χ1v) is 5.58. The topological polar surface area (TPSA) is 20.3 Å². The van der Waals surface area contributed by atoms with Gasteiger partial charge >= 0.3 is 0 Å². The molecule has 0 aromatic heterocycles. The monoisotopic (exact) mass is 195 g/mol. The van der Waals surface area contributed by atoms with Crippen LogP contribution in [-0.2, 0) is 4.79 Å². The highest BCUT2D eigenvalue weighted by molar-refractivity contribution is 5.64. The molecule has 1 aliphatic heterocycles. The summed E-state index contributed by atoms with van der Waals surface area (Å²) in [6, 6.07) is 0.660. The summed E-state index contributed by atoms with van der Waals surface area (Å²) in [6.07, 6.45) is 8.16. The number of rotatable bonds is 4. The molecule has 0 radical (unpaired) electrons. The van der Waals surface area contributed by atoms with Crippen molar-refractivity contribution in [2.45, 2.75) is 39.2 Å². The molecule has 1 fully saturated rings. The molecule has 1 unspecified atom stereocenters. The van der Waals surface area contributed by atoms with Crippen LogP contribution < -0.4 is 0 Å². The maximum Gasteiger partial charge on any atom is 0.142 e. The van der Waals surface area contributed by atoms with Crippen LogP contribution in [0.1, 0.15) is 33.1 Å². The van der Waals surface area contributed by atoms with Crippen LogP contribution in [0.4, 0.5) is 0 Å². The molecule has 1 heterocycles. The summed E-state index contributed by atoms with van der Waals surface area (Å²) < 4.78 is 0. The first-order valence-electron chi connectivity index (χ1n) is 5.58. The Morgan fingerprint density at radius 2 is 2.29 bits per heavy atom. The zero-order valence-electron chi connectivity index (χ0n) is 9.28. The molecule has 14 heavy (non-hydrogen) atoms. The van der Waals surface area contributed by atoms with E-state index < -0.39 is 0 Å². The first-order chi connectivity index (χ1) is 6.74. The van der Waals surface area contributed by atoms with E-state index >= 15 is 0 Å². The number of nitrogens with zero attached hydrogens (tertiary/aromatic N) is 1. The summed E-state index contributed by atoms with van der Waals surface area (Å²) in [7, 11) is 0. The fraction of sp³-hybridized carbons (Fsp3) is 0.750. The predicted octanol–water partition coefficient (Wildman–Crippen LogP) is 2.25. The lowest BCUT2D eigenvalue weighted by Gasteiger charge is -2.35. The molecule has 80 valence electrons. The summed E-state index contributed by atoms with van der Waals surface area (Å²) in [6.45, 7) is 6.94. The van der Waals surface area contributed by atoms with E-state index in [9.17, 15) is 4.79 Å². The molecule has 2 heteroatoms. The number of carbonyl (C=O) groups excluding carboxylic acids is 1. The van der Waals surface area contributed by atoms with Gasteiger partial charge in [-0.05, 0) is 51.6 Å². The van der Waals surface area contributed by atoms with Gasteiger partial charge in [-0.1, -0.05) is 6.08 Å². The van der Waals surface area contributed by atoms with Crippen LogP contribution in [0.25, 0.3) is 0 Å². The lowest BCUT2D eigenvalue weighted by molar-refractivity contribution is -0.104. The molecule has 0 amide bonds. The lowest BCUT2D eigenvalue weighted by Crippen LogP contribution is -2.39. The standard InChI is InChI=1S/C12H21NO/c1-11(2)13-8-5-7-12(10-13)6-3-4-9-14/h3-4,9,11-12H,5-8,10H2,1-2H3/b4-3-. The Bertz CT molecular complexity index is 198. The summed E-state index contributed by atoms with van der Waals surface area (Å²) in [4.78, 5) is 12.7. The quantitative estimate of drug-likeness (QED) is 0.506. The van der Waals surface area contributed by atoms with E-state index in [0.29, 0.717) is 6.04 Å².